The quantitative estimate of drug-likeness (QED) is 0.0851. The van der Waals surface area contributed by atoms with Gasteiger partial charge in [-0.1, -0.05) is 41.9 Å². The Hall–Kier alpha value is -4.18. The summed E-state index contributed by atoms with van der Waals surface area (Å²) in [7, 11) is 0. The molecule has 3 amide bonds. The molecular formula is C36H37Cl2N7O5S2. The summed E-state index contributed by atoms with van der Waals surface area (Å²) in [5, 5.41) is 20.1. The van der Waals surface area contributed by atoms with Gasteiger partial charge in [0.25, 0.3) is 5.91 Å². The molecule has 0 bridgehead atoms. The number of carbonyl (C=O) groups excluding carboxylic acids is 3. The highest BCUT2D eigenvalue weighted by Gasteiger charge is 2.32. The van der Waals surface area contributed by atoms with Gasteiger partial charge in [-0.05, 0) is 44.5 Å². The van der Waals surface area contributed by atoms with E-state index in [1.807, 2.05) is 60.0 Å². The number of aryl methyl sites for hydroxylation is 2. The van der Waals surface area contributed by atoms with E-state index in [0.29, 0.717) is 47.8 Å². The number of alkyl halides is 1. The van der Waals surface area contributed by atoms with E-state index in [-0.39, 0.29) is 43.2 Å². The molecule has 272 valence electrons. The van der Waals surface area contributed by atoms with Crippen LogP contribution in [0.25, 0.3) is 15.1 Å². The number of ether oxygens (including phenoxy) is 2. The fourth-order valence-electron chi connectivity index (χ4n) is 5.81. The zero-order valence-corrected chi connectivity index (χ0v) is 31.9. The van der Waals surface area contributed by atoms with Gasteiger partial charge in [0.05, 0.1) is 44.1 Å². The van der Waals surface area contributed by atoms with Crippen molar-refractivity contribution in [2.45, 2.75) is 33.2 Å². The summed E-state index contributed by atoms with van der Waals surface area (Å²) in [6.07, 6.45) is 0.0821. The Bertz CT molecular complexity index is 2130. The van der Waals surface area contributed by atoms with Crippen LogP contribution in [0.15, 0.2) is 53.5 Å². The van der Waals surface area contributed by atoms with Crippen molar-refractivity contribution in [2.24, 2.45) is 4.99 Å². The Morgan fingerprint density at radius 2 is 1.60 bits per heavy atom. The number of nitrogens with one attached hydrogen (secondary N) is 3. The summed E-state index contributed by atoms with van der Waals surface area (Å²) in [5.74, 6) is 0.253. The number of aromatic nitrogens is 3. The molecule has 3 aromatic heterocycles. The Balaban J connectivity index is 0.961. The van der Waals surface area contributed by atoms with Gasteiger partial charge in [0, 0.05) is 44.2 Å². The van der Waals surface area contributed by atoms with Gasteiger partial charge in [-0.3, -0.25) is 23.9 Å². The van der Waals surface area contributed by atoms with E-state index in [2.05, 4.69) is 40.0 Å². The van der Waals surface area contributed by atoms with Crippen LogP contribution in [0, 0.1) is 20.8 Å². The van der Waals surface area contributed by atoms with Crippen molar-refractivity contribution in [1.82, 2.24) is 25.4 Å². The highest BCUT2D eigenvalue weighted by atomic mass is 35.5. The highest BCUT2D eigenvalue weighted by molar-refractivity contribution is 7.23. The normalized spacial score (nSPS) is 13.6. The van der Waals surface area contributed by atoms with Crippen molar-refractivity contribution >= 4 is 84.4 Å². The third kappa shape index (κ3) is 8.38. The van der Waals surface area contributed by atoms with Gasteiger partial charge in [-0.25, -0.2) is 0 Å². The Kier molecular flexibility index (Phi) is 12.4. The second kappa shape index (κ2) is 17.1. The number of carbonyl (C=O) groups is 3. The number of nitrogens with zero attached hydrogens (tertiary/aromatic N) is 4. The molecule has 12 nitrogen and oxygen atoms in total. The molecule has 52 heavy (non-hydrogen) atoms. The lowest BCUT2D eigenvalue weighted by molar-refractivity contribution is -0.121. The van der Waals surface area contributed by atoms with E-state index in [0.717, 1.165) is 43.3 Å². The van der Waals surface area contributed by atoms with Crippen molar-refractivity contribution in [2.75, 3.05) is 50.7 Å². The maximum atomic E-state index is 13.2. The van der Waals surface area contributed by atoms with Crippen LogP contribution in [-0.2, 0) is 19.1 Å². The predicted octanol–water partition coefficient (Wildman–Crippen LogP) is 6.16. The van der Waals surface area contributed by atoms with Crippen molar-refractivity contribution in [1.29, 1.82) is 0 Å². The maximum absolute atomic E-state index is 13.2. The second-order valence-electron chi connectivity index (χ2n) is 11.9. The second-order valence-corrected chi connectivity index (χ2v) is 14.9. The molecule has 0 radical (unpaired) electrons. The first kappa shape index (κ1) is 37.6. The van der Waals surface area contributed by atoms with E-state index in [9.17, 15) is 14.4 Å². The molecule has 0 fully saturated rings. The molecule has 16 heteroatoms. The summed E-state index contributed by atoms with van der Waals surface area (Å²) in [5.41, 5.74) is 4.23. The number of halogens is 2. The lowest BCUT2D eigenvalue weighted by Gasteiger charge is -2.13. The highest BCUT2D eigenvalue weighted by Crippen LogP contribution is 2.40. The summed E-state index contributed by atoms with van der Waals surface area (Å²) in [6.45, 7) is 7.85. The van der Waals surface area contributed by atoms with Gasteiger partial charge < -0.3 is 25.4 Å². The molecule has 0 saturated carbocycles. The molecular weight excluding hydrogens is 745 g/mol. The van der Waals surface area contributed by atoms with Crippen LogP contribution in [0.2, 0.25) is 5.02 Å². The first-order valence-corrected chi connectivity index (χ1v) is 19.1. The van der Waals surface area contributed by atoms with Crippen LogP contribution in [0.5, 0.6) is 0 Å². The van der Waals surface area contributed by atoms with E-state index in [1.54, 1.807) is 11.3 Å². The molecule has 2 aromatic carbocycles. The minimum absolute atomic E-state index is 0.0821. The molecule has 3 N–H and O–H groups in total. The smallest absolute Gasteiger partial charge is 0.255 e. The van der Waals surface area contributed by atoms with E-state index < -0.39 is 6.04 Å². The molecule has 0 spiro atoms. The molecule has 4 heterocycles. The Labute approximate surface area is 318 Å². The lowest BCUT2D eigenvalue weighted by Crippen LogP contribution is -2.29. The minimum atomic E-state index is -0.560. The number of rotatable bonds is 15. The first-order chi connectivity index (χ1) is 25.2. The van der Waals surface area contributed by atoms with Gasteiger partial charge in [-0.15, -0.1) is 44.5 Å². The average Bonchev–Trinajstić information content (AvgIpc) is 3.76. The van der Waals surface area contributed by atoms with E-state index in [1.165, 1.54) is 16.2 Å². The number of anilines is 1. The number of hydrogen-bond acceptors (Lipinski definition) is 10. The van der Waals surface area contributed by atoms with Crippen molar-refractivity contribution in [3.63, 3.8) is 0 Å². The number of aliphatic imine (C=N–C) groups is 1. The Morgan fingerprint density at radius 1 is 0.885 bits per heavy atom. The first-order valence-electron chi connectivity index (χ1n) is 16.6. The summed E-state index contributed by atoms with van der Waals surface area (Å²) in [6, 6.07) is 14.5. The maximum Gasteiger partial charge on any atom is 0.255 e. The van der Waals surface area contributed by atoms with Crippen LogP contribution in [0.1, 0.15) is 56.0 Å². The number of thiophene rings is 2. The molecule has 0 aliphatic carbocycles. The predicted molar refractivity (Wildman–Crippen MR) is 206 cm³/mol. The van der Waals surface area contributed by atoms with Crippen LogP contribution >= 0.6 is 45.9 Å². The van der Waals surface area contributed by atoms with Gasteiger partial charge in [0.15, 0.2) is 5.82 Å². The summed E-state index contributed by atoms with van der Waals surface area (Å²) in [4.78, 5) is 44.4. The number of amides is 3. The monoisotopic (exact) mass is 781 g/mol. The van der Waals surface area contributed by atoms with Crippen LogP contribution in [0.3, 0.4) is 0 Å². The average molecular weight is 783 g/mol. The largest absolute Gasteiger partial charge is 0.377 e. The van der Waals surface area contributed by atoms with Gasteiger partial charge in [-0.2, -0.15) is 0 Å². The Morgan fingerprint density at radius 3 is 2.33 bits per heavy atom. The van der Waals surface area contributed by atoms with Crippen LogP contribution in [-0.4, -0.2) is 83.6 Å². The zero-order chi connectivity index (χ0) is 36.8. The third-order valence-electron chi connectivity index (χ3n) is 8.41. The fourth-order valence-corrected chi connectivity index (χ4v) is 8.33. The molecule has 1 atom stereocenters. The number of fused-ring (bicyclic) bond motifs is 4. The molecule has 0 saturated heterocycles. The van der Waals surface area contributed by atoms with E-state index in [4.69, 9.17) is 37.7 Å². The number of benzene rings is 2. The lowest BCUT2D eigenvalue weighted by atomic mass is 9.99. The fraction of sp³-hybridized carbons (Fsp3) is 0.333. The van der Waals surface area contributed by atoms with E-state index >= 15 is 0 Å². The SMILES string of the molecule is Cc1sc2c(c1C)C(c1ccc(Cl)cc1)=N[C@@H](CC(=O)NCCOCCOCCNC(=O)c1c(NC(=O)CCl)sc3ccccc13)c1nnc(C)n1-2. The molecule has 0 unspecified atom stereocenters. The topological polar surface area (TPSA) is 149 Å². The van der Waals surface area contributed by atoms with Crippen molar-refractivity contribution < 1.29 is 23.9 Å². The van der Waals surface area contributed by atoms with Gasteiger partial charge >= 0.3 is 0 Å². The van der Waals surface area contributed by atoms with Crippen LogP contribution < -0.4 is 16.0 Å². The molecule has 1 aliphatic rings. The summed E-state index contributed by atoms with van der Waals surface area (Å²) < 4.78 is 14.2. The van der Waals surface area contributed by atoms with Crippen LogP contribution in [0.4, 0.5) is 5.00 Å². The molecule has 5 aromatic rings. The number of hydrogen-bond donors (Lipinski definition) is 3. The standard InChI is InChI=1S/C36H37Cl2N7O5S2/c1-20-21(2)51-36-30(20)32(23-8-10-24(38)11-9-23)41-26(33-44-43-22(3)45(33)36)18-28(46)39-12-14-49-16-17-50-15-13-40-34(48)31-25-6-4-5-7-27(25)52-35(31)42-29(47)19-37/h4-11,26H,12-19H2,1-3H3,(H,39,46)(H,40,48)(H,42,47)/t26-/m0/s1. The molecule has 6 rings (SSSR count). The summed E-state index contributed by atoms with van der Waals surface area (Å²) >= 11 is 14.8. The zero-order valence-electron chi connectivity index (χ0n) is 28.8. The van der Waals surface area contributed by atoms with Gasteiger partial charge in [0.2, 0.25) is 11.8 Å². The van der Waals surface area contributed by atoms with Crippen molar-refractivity contribution in [3.05, 3.63) is 92.3 Å². The molecule has 1 aliphatic heterocycles. The van der Waals surface area contributed by atoms with Crippen molar-refractivity contribution in [3.8, 4) is 5.00 Å². The minimum Gasteiger partial charge on any atom is -0.377 e. The third-order valence-corrected chi connectivity index (χ3v) is 11.2. The van der Waals surface area contributed by atoms with Gasteiger partial charge in [0.1, 0.15) is 27.7 Å².